The van der Waals surface area contributed by atoms with Gasteiger partial charge in [0.1, 0.15) is 18.6 Å². The van der Waals surface area contributed by atoms with Crippen molar-refractivity contribution in [2.24, 2.45) is 0 Å². The third-order valence-electron chi connectivity index (χ3n) is 3.21. The van der Waals surface area contributed by atoms with Gasteiger partial charge in [0.05, 0.1) is 0 Å². The fourth-order valence-electron chi connectivity index (χ4n) is 2.12. The minimum absolute atomic E-state index is 0.0810. The summed E-state index contributed by atoms with van der Waals surface area (Å²) in [5.74, 6) is 0.796. The summed E-state index contributed by atoms with van der Waals surface area (Å²) in [7, 11) is 0. The van der Waals surface area contributed by atoms with Crippen molar-refractivity contribution in [1.82, 2.24) is 0 Å². The topological polar surface area (TPSA) is 26.3 Å². The monoisotopic (exact) mass is 268 g/mol. The van der Waals surface area contributed by atoms with Gasteiger partial charge < -0.3 is 4.74 Å². The predicted octanol–water partition coefficient (Wildman–Crippen LogP) is 4.38. The van der Waals surface area contributed by atoms with Crippen molar-refractivity contribution in [3.05, 3.63) is 65.2 Å². The van der Waals surface area contributed by atoms with E-state index in [1.807, 2.05) is 48.5 Å². The molecule has 0 saturated carbocycles. The number of ether oxygens (including phenoxy) is 1. The van der Waals surface area contributed by atoms with Crippen LogP contribution in [0, 0.1) is 0 Å². The molecule has 2 aromatic rings. The summed E-state index contributed by atoms with van der Waals surface area (Å²) in [6, 6.07) is 15.7. The predicted molar refractivity (Wildman–Crippen MR) is 81.3 cm³/mol. The van der Waals surface area contributed by atoms with Crippen LogP contribution in [-0.2, 0) is 12.0 Å². The molecule has 0 saturated heterocycles. The van der Waals surface area contributed by atoms with E-state index in [9.17, 15) is 4.79 Å². The molecule has 0 radical (unpaired) electrons. The molecule has 2 aromatic carbocycles. The summed E-state index contributed by atoms with van der Waals surface area (Å²) in [6.07, 6.45) is 0.904. The van der Waals surface area contributed by atoms with E-state index in [1.54, 1.807) is 0 Å². The number of carbonyl (C=O) groups is 1. The SMILES string of the molecule is CC(C)(C)c1cc(OCc2ccccc2)ccc1C=O. The second kappa shape index (κ2) is 5.91. The highest BCUT2D eigenvalue weighted by Crippen LogP contribution is 2.29. The molecule has 2 rings (SSSR count). The molecule has 0 amide bonds. The van der Waals surface area contributed by atoms with Crippen molar-refractivity contribution in [2.45, 2.75) is 32.8 Å². The molecular formula is C18H20O2. The third-order valence-corrected chi connectivity index (χ3v) is 3.21. The van der Waals surface area contributed by atoms with Crippen molar-refractivity contribution in [3.8, 4) is 5.75 Å². The number of aldehydes is 1. The second-order valence-electron chi connectivity index (χ2n) is 5.89. The smallest absolute Gasteiger partial charge is 0.150 e. The van der Waals surface area contributed by atoms with Gasteiger partial charge in [0.25, 0.3) is 0 Å². The average molecular weight is 268 g/mol. The molecule has 2 nitrogen and oxygen atoms in total. The average Bonchev–Trinajstić information content (AvgIpc) is 2.45. The summed E-state index contributed by atoms with van der Waals surface area (Å²) in [5, 5.41) is 0. The Bertz CT molecular complexity index is 580. The molecular weight excluding hydrogens is 248 g/mol. The number of benzene rings is 2. The number of hydrogen-bond donors (Lipinski definition) is 0. The molecule has 0 aromatic heterocycles. The quantitative estimate of drug-likeness (QED) is 0.769. The highest BCUT2D eigenvalue weighted by molar-refractivity contribution is 5.78. The number of hydrogen-bond acceptors (Lipinski definition) is 2. The first-order valence-corrected chi connectivity index (χ1v) is 6.77. The van der Waals surface area contributed by atoms with Crippen LogP contribution in [0.1, 0.15) is 42.3 Å². The van der Waals surface area contributed by atoms with E-state index in [0.717, 1.165) is 28.7 Å². The van der Waals surface area contributed by atoms with Gasteiger partial charge in [-0.25, -0.2) is 0 Å². The maximum absolute atomic E-state index is 11.1. The summed E-state index contributed by atoms with van der Waals surface area (Å²) in [5.41, 5.74) is 2.79. The third kappa shape index (κ3) is 3.47. The van der Waals surface area contributed by atoms with Crippen molar-refractivity contribution in [2.75, 3.05) is 0 Å². The lowest BCUT2D eigenvalue weighted by molar-refractivity contribution is 0.112. The summed E-state index contributed by atoms with van der Waals surface area (Å²) in [6.45, 7) is 6.81. The molecule has 0 aliphatic rings. The first kappa shape index (κ1) is 14.3. The van der Waals surface area contributed by atoms with E-state index in [-0.39, 0.29) is 5.41 Å². The van der Waals surface area contributed by atoms with Crippen LogP contribution in [-0.4, -0.2) is 6.29 Å². The summed E-state index contributed by atoms with van der Waals surface area (Å²) < 4.78 is 5.81. The van der Waals surface area contributed by atoms with Crippen molar-refractivity contribution in [3.63, 3.8) is 0 Å². The van der Waals surface area contributed by atoms with Gasteiger partial charge in [-0.1, -0.05) is 51.1 Å². The Hall–Kier alpha value is -2.09. The van der Waals surface area contributed by atoms with Crippen molar-refractivity contribution >= 4 is 6.29 Å². The fourth-order valence-corrected chi connectivity index (χ4v) is 2.12. The second-order valence-corrected chi connectivity index (χ2v) is 5.89. The van der Waals surface area contributed by atoms with Gasteiger partial charge in [0.15, 0.2) is 0 Å². The van der Waals surface area contributed by atoms with Gasteiger partial charge in [0.2, 0.25) is 0 Å². The summed E-state index contributed by atoms with van der Waals surface area (Å²) >= 11 is 0. The lowest BCUT2D eigenvalue weighted by Crippen LogP contribution is -2.14. The lowest BCUT2D eigenvalue weighted by Gasteiger charge is -2.22. The van der Waals surface area contributed by atoms with Crippen LogP contribution in [0.3, 0.4) is 0 Å². The van der Waals surface area contributed by atoms with Crippen LogP contribution in [0.2, 0.25) is 0 Å². The Labute approximate surface area is 120 Å². The molecule has 104 valence electrons. The molecule has 0 fully saturated rings. The van der Waals surface area contributed by atoms with E-state index >= 15 is 0 Å². The van der Waals surface area contributed by atoms with Gasteiger partial charge in [-0.2, -0.15) is 0 Å². The first-order valence-electron chi connectivity index (χ1n) is 6.77. The number of rotatable bonds is 4. The maximum atomic E-state index is 11.1. The minimum Gasteiger partial charge on any atom is -0.489 e. The van der Waals surface area contributed by atoms with Crippen LogP contribution >= 0.6 is 0 Å². The maximum Gasteiger partial charge on any atom is 0.150 e. The highest BCUT2D eigenvalue weighted by atomic mass is 16.5. The van der Waals surface area contributed by atoms with E-state index in [0.29, 0.717) is 6.61 Å². The largest absolute Gasteiger partial charge is 0.489 e. The molecule has 20 heavy (non-hydrogen) atoms. The Morgan fingerprint density at radius 2 is 1.75 bits per heavy atom. The van der Waals surface area contributed by atoms with Gasteiger partial charge in [-0.05, 0) is 34.7 Å². The standard InChI is InChI=1S/C18H20O2/c1-18(2,3)17-11-16(10-9-15(17)12-19)20-13-14-7-5-4-6-8-14/h4-12H,13H2,1-3H3. The number of carbonyl (C=O) groups excluding carboxylic acids is 1. The van der Waals surface area contributed by atoms with Crippen LogP contribution < -0.4 is 4.74 Å². The lowest BCUT2D eigenvalue weighted by atomic mass is 9.84. The Morgan fingerprint density at radius 1 is 1.05 bits per heavy atom. The van der Waals surface area contributed by atoms with Crippen molar-refractivity contribution in [1.29, 1.82) is 0 Å². The fraction of sp³-hybridized carbons (Fsp3) is 0.278. The molecule has 0 bridgehead atoms. The molecule has 0 unspecified atom stereocenters. The molecule has 0 N–H and O–H groups in total. The van der Waals surface area contributed by atoms with Gasteiger partial charge in [0, 0.05) is 5.56 Å². The van der Waals surface area contributed by atoms with Crippen LogP contribution in [0.5, 0.6) is 5.75 Å². The summed E-state index contributed by atoms with van der Waals surface area (Å²) in [4.78, 5) is 11.1. The van der Waals surface area contributed by atoms with E-state index in [2.05, 4.69) is 20.8 Å². The Balaban J connectivity index is 2.19. The highest BCUT2D eigenvalue weighted by Gasteiger charge is 2.18. The minimum atomic E-state index is -0.0810. The van der Waals surface area contributed by atoms with E-state index in [1.165, 1.54) is 0 Å². The van der Waals surface area contributed by atoms with Gasteiger partial charge in [-0.15, -0.1) is 0 Å². The van der Waals surface area contributed by atoms with Crippen LogP contribution in [0.25, 0.3) is 0 Å². The van der Waals surface area contributed by atoms with Crippen LogP contribution in [0.15, 0.2) is 48.5 Å². The first-order chi connectivity index (χ1) is 9.50. The van der Waals surface area contributed by atoms with E-state index < -0.39 is 0 Å². The zero-order valence-electron chi connectivity index (χ0n) is 12.2. The normalized spacial score (nSPS) is 11.2. The Kier molecular flexibility index (Phi) is 4.23. The Morgan fingerprint density at radius 3 is 2.35 bits per heavy atom. The van der Waals surface area contributed by atoms with Crippen LogP contribution in [0.4, 0.5) is 0 Å². The zero-order chi connectivity index (χ0) is 14.6. The molecule has 0 atom stereocenters. The molecule has 0 aliphatic carbocycles. The molecule has 0 aliphatic heterocycles. The van der Waals surface area contributed by atoms with Gasteiger partial charge >= 0.3 is 0 Å². The van der Waals surface area contributed by atoms with Crippen molar-refractivity contribution < 1.29 is 9.53 Å². The molecule has 2 heteroatoms. The zero-order valence-corrected chi connectivity index (χ0v) is 12.2. The molecule has 0 spiro atoms. The van der Waals surface area contributed by atoms with E-state index in [4.69, 9.17) is 4.74 Å². The molecule has 0 heterocycles. The van der Waals surface area contributed by atoms with Gasteiger partial charge in [-0.3, -0.25) is 4.79 Å².